The monoisotopic (exact) mass is 641 g/mol. The molecule has 2 heterocycles. The van der Waals surface area contributed by atoms with E-state index in [-0.39, 0.29) is 6.54 Å². The summed E-state index contributed by atoms with van der Waals surface area (Å²) < 4.78 is 102. The number of carbonyl (C=O) groups is 1. The lowest BCUT2D eigenvalue weighted by Crippen LogP contribution is -2.45. The number of hydrogen-bond acceptors (Lipinski definition) is 8. The van der Waals surface area contributed by atoms with Gasteiger partial charge in [0, 0.05) is 13.0 Å². The molecule has 0 saturated heterocycles. The van der Waals surface area contributed by atoms with Crippen molar-refractivity contribution in [1.29, 1.82) is 0 Å². The van der Waals surface area contributed by atoms with Crippen molar-refractivity contribution in [3.05, 3.63) is 84.4 Å². The molecule has 0 spiro atoms. The molecule has 0 bridgehead atoms. The van der Waals surface area contributed by atoms with Gasteiger partial charge in [0.05, 0.1) is 23.6 Å². The van der Waals surface area contributed by atoms with Crippen LogP contribution in [0.2, 0.25) is 0 Å². The van der Waals surface area contributed by atoms with Gasteiger partial charge in [0.25, 0.3) is 11.8 Å². The second-order valence-electron chi connectivity index (χ2n) is 10.8. The van der Waals surface area contributed by atoms with Gasteiger partial charge in [-0.3, -0.25) is 5.32 Å². The van der Waals surface area contributed by atoms with Crippen LogP contribution in [-0.2, 0) is 34.4 Å². The molecule has 1 aromatic carbocycles. The lowest BCUT2D eigenvalue weighted by molar-refractivity contribution is -0.295. The molecule has 0 aliphatic heterocycles. The highest BCUT2D eigenvalue weighted by molar-refractivity contribution is 5.89. The number of aromatic nitrogens is 3. The van der Waals surface area contributed by atoms with Crippen LogP contribution >= 0.6 is 0 Å². The first-order valence-electron chi connectivity index (χ1n) is 13.6. The van der Waals surface area contributed by atoms with Crippen LogP contribution in [0.4, 0.5) is 36.8 Å². The molecule has 244 valence electrons. The zero-order valence-corrected chi connectivity index (χ0v) is 24.8. The minimum Gasteiger partial charge on any atom is -0.444 e. The first-order chi connectivity index (χ1) is 21.0. The van der Waals surface area contributed by atoms with Gasteiger partial charge in [0.1, 0.15) is 5.60 Å². The fourth-order valence-corrected chi connectivity index (χ4v) is 4.01. The summed E-state index contributed by atoms with van der Waals surface area (Å²) in [6.07, 6.45) is -9.07. The zero-order chi connectivity index (χ0) is 33.5. The van der Waals surface area contributed by atoms with E-state index in [2.05, 4.69) is 39.0 Å². The van der Waals surface area contributed by atoms with E-state index >= 15 is 0 Å². The number of pyridine rings is 1. The maximum absolute atomic E-state index is 14.7. The SMILES string of the molecule is C=CCCNCc1nc(-c2nnc(C(CC=C)(OCc3ccccc3)C(F)(F)F)o2)c(NC(=O)OC(C)(C)C)cc1C(F)(F)F. The molecule has 1 unspecified atom stereocenters. The van der Waals surface area contributed by atoms with E-state index in [1.165, 1.54) is 20.8 Å². The third-order valence-electron chi connectivity index (χ3n) is 6.05. The number of anilines is 1. The van der Waals surface area contributed by atoms with Gasteiger partial charge in [0.2, 0.25) is 5.60 Å². The maximum atomic E-state index is 14.7. The van der Waals surface area contributed by atoms with Gasteiger partial charge in [-0.2, -0.15) is 26.3 Å². The minimum atomic E-state index is -5.11. The predicted molar refractivity (Wildman–Crippen MR) is 153 cm³/mol. The molecule has 2 aromatic heterocycles. The van der Waals surface area contributed by atoms with Gasteiger partial charge in [-0.1, -0.05) is 42.5 Å². The van der Waals surface area contributed by atoms with E-state index in [0.717, 1.165) is 6.08 Å². The smallest absolute Gasteiger partial charge is 0.426 e. The number of alkyl halides is 6. The largest absolute Gasteiger partial charge is 0.444 e. The van der Waals surface area contributed by atoms with E-state index in [0.29, 0.717) is 18.1 Å². The Morgan fingerprint density at radius 1 is 1.02 bits per heavy atom. The number of nitrogens with zero attached hydrogens (tertiary/aromatic N) is 3. The summed E-state index contributed by atoms with van der Waals surface area (Å²) in [5.74, 6) is -1.76. The van der Waals surface area contributed by atoms with Crippen LogP contribution in [0.15, 0.2) is 66.1 Å². The van der Waals surface area contributed by atoms with Crippen molar-refractivity contribution in [3.63, 3.8) is 0 Å². The normalized spacial score (nSPS) is 13.6. The van der Waals surface area contributed by atoms with Crippen LogP contribution in [0.5, 0.6) is 0 Å². The molecule has 0 saturated carbocycles. The number of ether oxygens (including phenoxy) is 2. The molecule has 45 heavy (non-hydrogen) atoms. The fourth-order valence-electron chi connectivity index (χ4n) is 4.01. The first-order valence-corrected chi connectivity index (χ1v) is 13.6. The Bertz CT molecular complexity index is 1470. The van der Waals surface area contributed by atoms with Gasteiger partial charge in [-0.25, -0.2) is 9.78 Å². The molecule has 9 nitrogen and oxygen atoms in total. The highest BCUT2D eigenvalue weighted by atomic mass is 19.4. The number of nitrogens with one attached hydrogen (secondary N) is 2. The van der Waals surface area contributed by atoms with Gasteiger partial charge < -0.3 is 19.2 Å². The summed E-state index contributed by atoms with van der Waals surface area (Å²) in [5.41, 5.74) is -6.66. The number of rotatable bonds is 13. The molecule has 0 aliphatic carbocycles. The van der Waals surface area contributed by atoms with Gasteiger partial charge in [-0.05, 0) is 45.4 Å². The van der Waals surface area contributed by atoms with Gasteiger partial charge in [-0.15, -0.1) is 23.4 Å². The average Bonchev–Trinajstić information content (AvgIpc) is 3.42. The maximum Gasteiger partial charge on any atom is 0.426 e. The first kappa shape index (κ1) is 35.2. The zero-order valence-electron chi connectivity index (χ0n) is 24.8. The molecular weight excluding hydrogens is 608 g/mol. The Hall–Kier alpha value is -4.24. The topological polar surface area (TPSA) is 111 Å². The fraction of sp³-hybridized carbons (Fsp3) is 0.400. The molecule has 2 N–H and O–H groups in total. The molecular formula is C30H33F6N5O4. The molecule has 0 fully saturated rings. The highest BCUT2D eigenvalue weighted by Crippen LogP contribution is 2.46. The van der Waals surface area contributed by atoms with E-state index in [9.17, 15) is 31.1 Å². The van der Waals surface area contributed by atoms with Crippen molar-refractivity contribution < 1.29 is 45.0 Å². The van der Waals surface area contributed by atoms with E-state index < -0.39 is 83.6 Å². The molecule has 1 atom stereocenters. The number of carbonyl (C=O) groups excluding carboxylic acids is 1. The van der Waals surface area contributed by atoms with Crippen LogP contribution in [0.25, 0.3) is 11.6 Å². The van der Waals surface area contributed by atoms with Crippen molar-refractivity contribution in [1.82, 2.24) is 20.5 Å². The molecule has 0 aliphatic rings. The molecule has 1 amide bonds. The highest BCUT2D eigenvalue weighted by Gasteiger charge is 2.60. The summed E-state index contributed by atoms with van der Waals surface area (Å²) in [6.45, 7) is 10.9. The summed E-state index contributed by atoms with van der Waals surface area (Å²) >= 11 is 0. The average molecular weight is 642 g/mol. The lowest BCUT2D eigenvalue weighted by Gasteiger charge is -2.31. The number of amides is 1. The summed E-state index contributed by atoms with van der Waals surface area (Å²) in [4.78, 5) is 16.6. The third kappa shape index (κ3) is 9.14. The molecule has 15 heteroatoms. The summed E-state index contributed by atoms with van der Waals surface area (Å²) in [7, 11) is 0. The van der Waals surface area contributed by atoms with Gasteiger partial charge >= 0.3 is 18.4 Å². The Balaban J connectivity index is 2.17. The van der Waals surface area contributed by atoms with Crippen LogP contribution < -0.4 is 10.6 Å². The lowest BCUT2D eigenvalue weighted by atomic mass is 9.98. The predicted octanol–water partition coefficient (Wildman–Crippen LogP) is 7.71. The van der Waals surface area contributed by atoms with Crippen molar-refractivity contribution >= 4 is 11.8 Å². The Morgan fingerprint density at radius 3 is 2.29 bits per heavy atom. The third-order valence-corrected chi connectivity index (χ3v) is 6.05. The van der Waals surface area contributed by atoms with Crippen LogP contribution in [0.1, 0.15) is 56.3 Å². The van der Waals surface area contributed by atoms with E-state index in [4.69, 9.17) is 13.9 Å². The Labute approximate surface area is 255 Å². The summed E-state index contributed by atoms with van der Waals surface area (Å²) in [6, 6.07) is 8.60. The second-order valence-corrected chi connectivity index (χ2v) is 10.8. The van der Waals surface area contributed by atoms with Crippen molar-refractivity contribution in [2.24, 2.45) is 0 Å². The number of benzene rings is 1. The van der Waals surface area contributed by atoms with Crippen molar-refractivity contribution in [3.8, 4) is 11.6 Å². The van der Waals surface area contributed by atoms with Gasteiger partial charge in [0.15, 0.2) is 5.69 Å². The van der Waals surface area contributed by atoms with Crippen molar-refractivity contribution in [2.75, 3.05) is 11.9 Å². The van der Waals surface area contributed by atoms with Crippen molar-refractivity contribution in [2.45, 2.75) is 70.3 Å². The Kier molecular flexibility index (Phi) is 11.2. The van der Waals surface area contributed by atoms with E-state index in [1.54, 1.807) is 36.4 Å². The standard InChI is InChI=1S/C30H33F6N5O4/c1-6-8-15-37-17-22-20(29(31,32)33)16-21(39-26(42)45-27(3,4)5)23(38-22)24-40-41-25(44-24)28(14-7-2,30(34,35)36)43-18-19-12-10-9-11-13-19/h6-7,9-13,16,37H,1-2,8,14-15,17-18H2,3-5H3,(H,39,42). The minimum absolute atomic E-state index is 0.259. The van der Waals surface area contributed by atoms with Crippen LogP contribution in [0.3, 0.4) is 0 Å². The second kappa shape index (κ2) is 14.2. The molecule has 0 radical (unpaired) electrons. The molecule has 3 aromatic rings. The number of halogens is 6. The summed E-state index contributed by atoms with van der Waals surface area (Å²) in [5, 5.41) is 12.2. The van der Waals surface area contributed by atoms with E-state index in [1.807, 2.05) is 0 Å². The molecule has 3 rings (SSSR count). The quantitative estimate of drug-likeness (QED) is 0.111. The van der Waals surface area contributed by atoms with Crippen LogP contribution in [-0.4, -0.2) is 39.6 Å². The van der Waals surface area contributed by atoms with Crippen LogP contribution in [0, 0.1) is 0 Å². The number of hydrogen-bond donors (Lipinski definition) is 2. The Morgan fingerprint density at radius 2 is 1.71 bits per heavy atom.